The summed E-state index contributed by atoms with van der Waals surface area (Å²) < 4.78 is 0. The summed E-state index contributed by atoms with van der Waals surface area (Å²) in [7, 11) is 0. The van der Waals surface area contributed by atoms with Crippen molar-refractivity contribution in [3.8, 4) is 0 Å². The molecule has 33 heavy (non-hydrogen) atoms. The summed E-state index contributed by atoms with van der Waals surface area (Å²) in [6, 6.07) is 18.6. The second-order valence-electron chi connectivity index (χ2n) is 8.09. The van der Waals surface area contributed by atoms with Crippen LogP contribution in [0.4, 0.5) is 5.69 Å². The fourth-order valence-corrected chi connectivity index (χ4v) is 4.12. The summed E-state index contributed by atoms with van der Waals surface area (Å²) in [5.74, 6) is -2.27. The van der Waals surface area contributed by atoms with E-state index in [4.69, 9.17) is 11.6 Å². The Morgan fingerprint density at radius 1 is 0.848 bits per heavy atom. The first-order chi connectivity index (χ1) is 15.8. The number of rotatable bonds is 6. The normalized spacial score (nSPS) is 13.8. The van der Waals surface area contributed by atoms with Crippen molar-refractivity contribution in [1.29, 1.82) is 0 Å². The number of anilines is 1. The van der Waals surface area contributed by atoms with E-state index < -0.39 is 23.8 Å². The van der Waals surface area contributed by atoms with Crippen LogP contribution in [-0.4, -0.2) is 34.4 Å². The number of fused-ring (bicyclic) bond motifs is 1. The van der Waals surface area contributed by atoms with E-state index in [0.717, 1.165) is 4.90 Å². The lowest BCUT2D eigenvalue weighted by Crippen LogP contribution is -2.50. The highest BCUT2D eigenvalue weighted by molar-refractivity contribution is 6.31. The lowest BCUT2D eigenvalue weighted by atomic mass is 9.99. The first kappa shape index (κ1) is 22.4. The minimum atomic E-state index is -1.06. The van der Waals surface area contributed by atoms with Gasteiger partial charge >= 0.3 is 0 Å². The van der Waals surface area contributed by atoms with Gasteiger partial charge in [-0.1, -0.05) is 67.9 Å². The molecule has 166 valence electrons. The Bertz CT molecular complexity index is 1240. The molecule has 1 N–H and O–H groups in total. The van der Waals surface area contributed by atoms with E-state index in [1.165, 1.54) is 12.1 Å². The molecule has 0 bridgehead atoms. The van der Waals surface area contributed by atoms with Gasteiger partial charge in [0.2, 0.25) is 5.91 Å². The average Bonchev–Trinajstić information content (AvgIpc) is 3.06. The van der Waals surface area contributed by atoms with Crippen molar-refractivity contribution < 1.29 is 19.2 Å². The number of carbonyl (C=O) groups is 4. The largest absolute Gasteiger partial charge is 0.324 e. The van der Waals surface area contributed by atoms with E-state index in [-0.39, 0.29) is 34.1 Å². The van der Waals surface area contributed by atoms with Gasteiger partial charge in [0.1, 0.15) is 6.04 Å². The Morgan fingerprint density at radius 2 is 1.42 bits per heavy atom. The van der Waals surface area contributed by atoms with Crippen molar-refractivity contribution >= 4 is 40.8 Å². The summed E-state index contributed by atoms with van der Waals surface area (Å²) in [4.78, 5) is 53.4. The molecule has 1 aliphatic rings. The van der Waals surface area contributed by atoms with Gasteiger partial charge in [0.15, 0.2) is 5.78 Å². The van der Waals surface area contributed by atoms with E-state index in [1.54, 1.807) is 74.5 Å². The van der Waals surface area contributed by atoms with Gasteiger partial charge in [0, 0.05) is 16.1 Å². The minimum absolute atomic E-state index is 0.215. The molecule has 1 heterocycles. The zero-order chi connectivity index (χ0) is 23.7. The number of halogens is 1. The van der Waals surface area contributed by atoms with Crippen LogP contribution >= 0.6 is 11.6 Å². The van der Waals surface area contributed by atoms with Crippen molar-refractivity contribution in [3.05, 3.63) is 100 Å². The van der Waals surface area contributed by atoms with Gasteiger partial charge in [-0.05, 0) is 36.2 Å². The molecular weight excluding hydrogens is 440 g/mol. The first-order valence-corrected chi connectivity index (χ1v) is 10.8. The molecule has 1 aliphatic heterocycles. The van der Waals surface area contributed by atoms with Crippen molar-refractivity contribution in [2.45, 2.75) is 19.9 Å². The minimum Gasteiger partial charge on any atom is -0.324 e. The Hall–Kier alpha value is -3.77. The summed E-state index contributed by atoms with van der Waals surface area (Å²) >= 11 is 6.13. The van der Waals surface area contributed by atoms with Gasteiger partial charge in [0.05, 0.1) is 16.8 Å². The monoisotopic (exact) mass is 460 g/mol. The SMILES string of the molecule is CC(C)C(C(=O)Nc1ccc(Cl)cc1C(=O)c1ccccc1)N1C(=O)c2ccccc2C1=O. The second kappa shape index (κ2) is 9.00. The summed E-state index contributed by atoms with van der Waals surface area (Å²) in [6.45, 7) is 3.51. The number of nitrogens with zero attached hydrogens (tertiary/aromatic N) is 1. The van der Waals surface area contributed by atoms with Gasteiger partial charge in [-0.3, -0.25) is 24.1 Å². The van der Waals surface area contributed by atoms with Crippen LogP contribution in [0.25, 0.3) is 0 Å². The van der Waals surface area contributed by atoms with Gasteiger partial charge in [-0.15, -0.1) is 0 Å². The number of benzene rings is 3. The highest BCUT2D eigenvalue weighted by Gasteiger charge is 2.44. The first-order valence-electron chi connectivity index (χ1n) is 10.5. The van der Waals surface area contributed by atoms with Gasteiger partial charge in [-0.25, -0.2) is 0 Å². The maximum atomic E-state index is 13.4. The molecule has 0 saturated heterocycles. The van der Waals surface area contributed by atoms with Crippen LogP contribution in [0.1, 0.15) is 50.5 Å². The number of carbonyl (C=O) groups excluding carboxylic acids is 4. The summed E-state index contributed by atoms with van der Waals surface area (Å²) in [5, 5.41) is 3.09. The molecule has 1 unspecified atom stereocenters. The highest BCUT2D eigenvalue weighted by atomic mass is 35.5. The Morgan fingerprint density at radius 3 is 2.00 bits per heavy atom. The molecule has 0 aliphatic carbocycles. The maximum absolute atomic E-state index is 13.4. The lowest BCUT2D eigenvalue weighted by Gasteiger charge is -2.28. The lowest BCUT2D eigenvalue weighted by molar-refractivity contribution is -0.121. The number of hydrogen-bond acceptors (Lipinski definition) is 4. The molecule has 0 aromatic heterocycles. The molecule has 6 nitrogen and oxygen atoms in total. The van der Waals surface area contributed by atoms with Gasteiger partial charge in [-0.2, -0.15) is 0 Å². The Balaban J connectivity index is 1.67. The zero-order valence-electron chi connectivity index (χ0n) is 18.0. The van der Waals surface area contributed by atoms with Crippen LogP contribution in [0.3, 0.4) is 0 Å². The fraction of sp³-hybridized carbons (Fsp3) is 0.154. The number of nitrogens with one attached hydrogen (secondary N) is 1. The van der Waals surface area contributed by atoms with E-state index in [2.05, 4.69) is 5.32 Å². The third kappa shape index (κ3) is 4.17. The van der Waals surface area contributed by atoms with Gasteiger partial charge in [0.25, 0.3) is 11.8 Å². The van der Waals surface area contributed by atoms with Crippen LogP contribution in [0.2, 0.25) is 5.02 Å². The van der Waals surface area contributed by atoms with Crippen LogP contribution in [0.15, 0.2) is 72.8 Å². The molecule has 3 amide bonds. The molecule has 4 rings (SSSR count). The van der Waals surface area contributed by atoms with E-state index in [0.29, 0.717) is 10.6 Å². The molecule has 1 atom stereocenters. The number of ketones is 1. The molecule has 0 radical (unpaired) electrons. The maximum Gasteiger partial charge on any atom is 0.262 e. The standard InChI is InChI=1S/C26H21ClN2O4/c1-15(2)22(29-25(32)18-10-6-7-11-19(18)26(29)33)24(31)28-21-13-12-17(27)14-20(21)23(30)16-8-4-3-5-9-16/h3-15,22H,1-2H3,(H,28,31). The van der Waals surface area contributed by atoms with Gasteiger partial charge < -0.3 is 5.32 Å². The van der Waals surface area contributed by atoms with E-state index >= 15 is 0 Å². The molecule has 7 heteroatoms. The second-order valence-corrected chi connectivity index (χ2v) is 8.53. The molecule has 0 spiro atoms. The Labute approximate surface area is 196 Å². The fourth-order valence-electron chi connectivity index (χ4n) is 3.94. The van der Waals surface area contributed by atoms with Crippen LogP contribution in [0, 0.1) is 5.92 Å². The highest BCUT2D eigenvalue weighted by Crippen LogP contribution is 2.29. The summed E-state index contributed by atoms with van der Waals surface area (Å²) in [6.07, 6.45) is 0. The molecule has 0 saturated carbocycles. The van der Waals surface area contributed by atoms with Crippen molar-refractivity contribution in [2.75, 3.05) is 5.32 Å². The van der Waals surface area contributed by atoms with Crippen molar-refractivity contribution in [2.24, 2.45) is 5.92 Å². The third-order valence-electron chi connectivity index (χ3n) is 5.52. The zero-order valence-corrected chi connectivity index (χ0v) is 18.8. The van der Waals surface area contributed by atoms with Crippen LogP contribution in [0.5, 0.6) is 0 Å². The predicted molar refractivity (Wildman–Crippen MR) is 126 cm³/mol. The van der Waals surface area contributed by atoms with Crippen molar-refractivity contribution in [1.82, 2.24) is 4.90 Å². The Kier molecular flexibility index (Phi) is 6.11. The quantitative estimate of drug-likeness (QED) is 0.422. The van der Waals surface area contributed by atoms with Crippen molar-refractivity contribution in [3.63, 3.8) is 0 Å². The topological polar surface area (TPSA) is 83.6 Å². The van der Waals surface area contributed by atoms with E-state index in [1.807, 2.05) is 0 Å². The third-order valence-corrected chi connectivity index (χ3v) is 5.76. The van der Waals surface area contributed by atoms with Crippen LogP contribution in [-0.2, 0) is 4.79 Å². The predicted octanol–water partition coefficient (Wildman–Crippen LogP) is 4.83. The molecule has 3 aromatic carbocycles. The van der Waals surface area contributed by atoms with Crippen LogP contribution < -0.4 is 5.32 Å². The van der Waals surface area contributed by atoms with E-state index in [9.17, 15) is 19.2 Å². The number of hydrogen-bond donors (Lipinski definition) is 1. The molecule has 3 aromatic rings. The number of amides is 3. The number of imide groups is 1. The molecular formula is C26H21ClN2O4. The summed E-state index contributed by atoms with van der Waals surface area (Å²) in [5.41, 5.74) is 1.45. The smallest absolute Gasteiger partial charge is 0.262 e. The average molecular weight is 461 g/mol. The molecule has 0 fully saturated rings.